The van der Waals surface area contributed by atoms with Crippen molar-refractivity contribution in [1.82, 2.24) is 10.2 Å². The lowest BCUT2D eigenvalue weighted by Crippen LogP contribution is -2.52. The van der Waals surface area contributed by atoms with Gasteiger partial charge in [-0.15, -0.1) is 0 Å². The van der Waals surface area contributed by atoms with E-state index in [9.17, 15) is 9.59 Å². The molecule has 5 nitrogen and oxygen atoms in total. The lowest BCUT2D eigenvalue weighted by molar-refractivity contribution is -0.142. The molecule has 1 aromatic rings. The summed E-state index contributed by atoms with van der Waals surface area (Å²) in [4.78, 5) is 25.2. The van der Waals surface area contributed by atoms with E-state index in [-0.39, 0.29) is 18.2 Å². The molecule has 0 bridgehead atoms. The van der Waals surface area contributed by atoms with Gasteiger partial charge in [-0.3, -0.25) is 9.59 Å². The molecular weight excluding hydrogens is 230 g/mol. The molecule has 2 rings (SSSR count). The summed E-state index contributed by atoms with van der Waals surface area (Å²) >= 11 is 0. The highest BCUT2D eigenvalue weighted by Gasteiger charge is 2.33. The van der Waals surface area contributed by atoms with Crippen LogP contribution in [0.25, 0.3) is 0 Å². The lowest BCUT2D eigenvalue weighted by Gasteiger charge is -2.34. The van der Waals surface area contributed by atoms with Crippen LogP contribution >= 0.6 is 0 Å². The van der Waals surface area contributed by atoms with Gasteiger partial charge in [0.15, 0.2) is 0 Å². The van der Waals surface area contributed by atoms with Crippen LogP contribution in [0.3, 0.4) is 0 Å². The van der Waals surface area contributed by atoms with Crippen molar-refractivity contribution in [2.45, 2.75) is 12.5 Å². The average molecular weight is 243 g/mol. The molecule has 1 saturated heterocycles. The fraction of sp³-hybridized carbons (Fsp3) is 0.308. The van der Waals surface area contributed by atoms with Gasteiger partial charge in [-0.1, -0.05) is 30.3 Å². The maximum absolute atomic E-state index is 11.9. The first-order valence-corrected chi connectivity index (χ1v) is 5.73. The van der Waals surface area contributed by atoms with E-state index in [0.717, 1.165) is 5.56 Å². The number of carbonyl (C=O) groups is 2. The van der Waals surface area contributed by atoms with Gasteiger partial charge in [-0.2, -0.15) is 5.26 Å². The molecule has 5 heteroatoms. The number of carbonyl (C=O) groups excluding carboxylic acids is 2. The molecule has 1 fully saturated rings. The summed E-state index contributed by atoms with van der Waals surface area (Å²) in [7, 11) is 0. The van der Waals surface area contributed by atoms with E-state index < -0.39 is 6.04 Å². The molecule has 0 saturated carbocycles. The number of amides is 2. The van der Waals surface area contributed by atoms with Crippen molar-refractivity contribution in [3.05, 3.63) is 35.9 Å². The monoisotopic (exact) mass is 243 g/mol. The molecule has 1 aliphatic rings. The molecule has 1 N–H and O–H groups in total. The molecule has 2 amide bonds. The fourth-order valence-corrected chi connectivity index (χ4v) is 2.07. The molecule has 0 aromatic heterocycles. The summed E-state index contributed by atoms with van der Waals surface area (Å²) in [5.41, 5.74) is 0.765. The molecule has 0 spiro atoms. The Bertz CT molecular complexity index is 493. The van der Waals surface area contributed by atoms with Gasteiger partial charge in [0, 0.05) is 13.1 Å². The fourth-order valence-electron chi connectivity index (χ4n) is 2.07. The maximum Gasteiger partial charge on any atom is 0.247 e. The highest BCUT2D eigenvalue weighted by atomic mass is 16.2. The van der Waals surface area contributed by atoms with Crippen molar-refractivity contribution < 1.29 is 9.59 Å². The summed E-state index contributed by atoms with van der Waals surface area (Å²) < 4.78 is 0. The Morgan fingerprint density at radius 3 is 2.83 bits per heavy atom. The molecule has 1 atom stereocenters. The van der Waals surface area contributed by atoms with Gasteiger partial charge in [-0.25, -0.2) is 0 Å². The van der Waals surface area contributed by atoms with E-state index in [4.69, 9.17) is 5.26 Å². The Hall–Kier alpha value is -2.35. The molecule has 92 valence electrons. The largest absolute Gasteiger partial charge is 0.352 e. The highest BCUT2D eigenvalue weighted by Crippen LogP contribution is 2.23. The molecule has 1 heterocycles. The quantitative estimate of drug-likeness (QED) is 0.826. The maximum atomic E-state index is 11.9. The molecule has 1 unspecified atom stereocenters. The second kappa shape index (κ2) is 5.32. The normalized spacial score (nSPS) is 18.9. The van der Waals surface area contributed by atoms with Crippen LogP contribution in [0.5, 0.6) is 0 Å². The molecular formula is C13H13N3O2. The number of rotatable bonds is 2. The molecule has 1 aromatic carbocycles. The first kappa shape index (κ1) is 12.1. The number of hydrogen-bond donors (Lipinski definition) is 1. The first-order chi connectivity index (χ1) is 8.74. The van der Waals surface area contributed by atoms with E-state index in [1.165, 1.54) is 4.90 Å². The third kappa shape index (κ3) is 2.33. The molecule has 0 aliphatic carbocycles. The van der Waals surface area contributed by atoms with Gasteiger partial charge in [-0.05, 0) is 5.56 Å². The minimum Gasteiger partial charge on any atom is -0.352 e. The summed E-state index contributed by atoms with van der Waals surface area (Å²) in [6.45, 7) is 0.866. The van der Waals surface area contributed by atoms with E-state index in [1.54, 1.807) is 0 Å². The first-order valence-electron chi connectivity index (χ1n) is 5.73. The van der Waals surface area contributed by atoms with E-state index in [2.05, 4.69) is 5.32 Å². The van der Waals surface area contributed by atoms with E-state index >= 15 is 0 Å². The van der Waals surface area contributed by atoms with Crippen molar-refractivity contribution in [2.75, 3.05) is 13.1 Å². The van der Waals surface area contributed by atoms with Crippen LogP contribution in [0, 0.1) is 11.3 Å². The average Bonchev–Trinajstić information content (AvgIpc) is 2.39. The topological polar surface area (TPSA) is 73.2 Å². The number of nitrogens with zero attached hydrogens (tertiary/aromatic N) is 2. The third-order valence-electron chi connectivity index (χ3n) is 2.88. The number of benzene rings is 1. The second-order valence-electron chi connectivity index (χ2n) is 4.03. The highest BCUT2D eigenvalue weighted by molar-refractivity contribution is 5.90. The van der Waals surface area contributed by atoms with Gasteiger partial charge in [0.25, 0.3) is 0 Å². The summed E-state index contributed by atoms with van der Waals surface area (Å²) in [5.74, 6) is -0.500. The van der Waals surface area contributed by atoms with Crippen molar-refractivity contribution in [3.8, 4) is 6.07 Å². The van der Waals surface area contributed by atoms with Crippen LogP contribution in [0.2, 0.25) is 0 Å². The van der Waals surface area contributed by atoms with Crippen molar-refractivity contribution in [1.29, 1.82) is 5.26 Å². The van der Waals surface area contributed by atoms with E-state index in [0.29, 0.717) is 13.1 Å². The van der Waals surface area contributed by atoms with Gasteiger partial charge in [0.05, 0.1) is 6.07 Å². The summed E-state index contributed by atoms with van der Waals surface area (Å²) in [6.07, 6.45) is -0.198. The van der Waals surface area contributed by atoms with Crippen LogP contribution < -0.4 is 5.32 Å². The van der Waals surface area contributed by atoms with Gasteiger partial charge in [0.2, 0.25) is 11.8 Å². The van der Waals surface area contributed by atoms with Crippen molar-refractivity contribution >= 4 is 11.8 Å². The predicted molar refractivity (Wildman–Crippen MR) is 64.1 cm³/mol. The number of nitriles is 1. The smallest absolute Gasteiger partial charge is 0.247 e. The Labute approximate surface area is 105 Å². The standard InChI is InChI=1S/C13H13N3O2/c14-7-6-11(17)16-9-8-15-13(18)12(16)10-4-2-1-3-5-10/h1-5,12H,6,8-9H2,(H,15,18). The zero-order valence-electron chi connectivity index (χ0n) is 9.80. The van der Waals surface area contributed by atoms with Crippen LogP contribution in [0.4, 0.5) is 0 Å². The second-order valence-corrected chi connectivity index (χ2v) is 4.03. The summed E-state index contributed by atoms with van der Waals surface area (Å²) in [6, 6.07) is 10.3. The minimum atomic E-state index is -0.624. The number of hydrogen-bond acceptors (Lipinski definition) is 3. The van der Waals surface area contributed by atoms with Crippen LogP contribution in [0.1, 0.15) is 18.0 Å². The van der Waals surface area contributed by atoms with Crippen molar-refractivity contribution in [2.24, 2.45) is 0 Å². The molecule has 1 aliphatic heterocycles. The van der Waals surface area contributed by atoms with E-state index in [1.807, 2.05) is 36.4 Å². The molecule has 0 radical (unpaired) electrons. The summed E-state index contributed by atoms with van der Waals surface area (Å²) in [5, 5.41) is 11.3. The number of nitrogens with one attached hydrogen (secondary N) is 1. The van der Waals surface area contributed by atoms with Crippen molar-refractivity contribution in [3.63, 3.8) is 0 Å². The third-order valence-corrected chi connectivity index (χ3v) is 2.88. The van der Waals surface area contributed by atoms with Crippen LogP contribution in [-0.4, -0.2) is 29.8 Å². The Balaban J connectivity index is 2.30. The van der Waals surface area contributed by atoms with Gasteiger partial charge in [0.1, 0.15) is 12.5 Å². The Morgan fingerprint density at radius 1 is 1.44 bits per heavy atom. The lowest BCUT2D eigenvalue weighted by atomic mass is 10.0. The van der Waals surface area contributed by atoms with Crippen LogP contribution in [0.15, 0.2) is 30.3 Å². The SMILES string of the molecule is N#CCC(=O)N1CCNC(=O)C1c1ccccc1. The Morgan fingerprint density at radius 2 is 2.17 bits per heavy atom. The zero-order valence-corrected chi connectivity index (χ0v) is 9.80. The van der Waals surface area contributed by atoms with Gasteiger partial charge >= 0.3 is 0 Å². The Kier molecular flexibility index (Phi) is 3.58. The molecule has 18 heavy (non-hydrogen) atoms. The zero-order chi connectivity index (χ0) is 13.0. The number of piperazine rings is 1. The minimum absolute atomic E-state index is 0.196. The van der Waals surface area contributed by atoms with Gasteiger partial charge < -0.3 is 10.2 Å². The van der Waals surface area contributed by atoms with Crippen LogP contribution in [-0.2, 0) is 9.59 Å². The predicted octanol–water partition coefficient (Wildman–Crippen LogP) is 0.600.